The molecular formula is C19H16Cl2N2S. The lowest BCUT2D eigenvalue weighted by molar-refractivity contribution is 0.966. The van der Waals surface area contributed by atoms with Gasteiger partial charge in [-0.2, -0.15) is 0 Å². The van der Waals surface area contributed by atoms with Gasteiger partial charge in [0.1, 0.15) is 4.33 Å². The average Bonchev–Trinajstić information content (AvgIpc) is 3.04. The largest absolute Gasteiger partial charge is 0.332 e. The summed E-state index contributed by atoms with van der Waals surface area (Å²) in [5.41, 5.74) is 4.26. The highest BCUT2D eigenvalue weighted by molar-refractivity contribution is 7.99. The molecule has 1 saturated carbocycles. The van der Waals surface area contributed by atoms with E-state index in [0.29, 0.717) is 5.92 Å². The van der Waals surface area contributed by atoms with Crippen molar-refractivity contribution in [2.75, 3.05) is 5.75 Å². The third-order valence-electron chi connectivity index (χ3n) is 4.17. The van der Waals surface area contributed by atoms with Gasteiger partial charge in [0.15, 0.2) is 5.16 Å². The minimum atomic E-state index is -0.538. The maximum absolute atomic E-state index is 6.12. The number of hydrogen-bond acceptors (Lipinski definition) is 2. The molecule has 24 heavy (non-hydrogen) atoms. The number of alkyl halides is 2. The molecule has 1 aliphatic carbocycles. The lowest BCUT2D eigenvalue weighted by Gasteiger charge is -2.02. The molecule has 0 bridgehead atoms. The van der Waals surface area contributed by atoms with Crippen molar-refractivity contribution in [1.29, 1.82) is 0 Å². The highest BCUT2D eigenvalue weighted by atomic mass is 35.5. The topological polar surface area (TPSA) is 28.7 Å². The highest BCUT2D eigenvalue weighted by Crippen LogP contribution is 2.54. The molecule has 1 aliphatic rings. The summed E-state index contributed by atoms with van der Waals surface area (Å²) in [6, 6.07) is 20.5. The van der Waals surface area contributed by atoms with Gasteiger partial charge in [0.25, 0.3) is 0 Å². The molecule has 1 N–H and O–H groups in total. The fraction of sp³-hybridized carbons (Fsp3) is 0.211. The Labute approximate surface area is 155 Å². The van der Waals surface area contributed by atoms with Crippen molar-refractivity contribution < 1.29 is 0 Å². The molecule has 1 unspecified atom stereocenters. The van der Waals surface area contributed by atoms with Crippen LogP contribution in [0.25, 0.3) is 22.5 Å². The number of hydrogen-bond donors (Lipinski definition) is 1. The molecule has 4 rings (SSSR count). The second kappa shape index (κ2) is 6.47. The Hall–Kier alpha value is -1.42. The van der Waals surface area contributed by atoms with Crippen LogP contribution in [-0.2, 0) is 0 Å². The fourth-order valence-electron chi connectivity index (χ4n) is 2.67. The van der Waals surface area contributed by atoms with Crippen molar-refractivity contribution >= 4 is 35.0 Å². The summed E-state index contributed by atoms with van der Waals surface area (Å²) in [4.78, 5) is 8.30. The molecule has 3 aromatic rings. The van der Waals surface area contributed by atoms with Gasteiger partial charge in [-0.05, 0) is 6.42 Å². The Morgan fingerprint density at radius 3 is 2.17 bits per heavy atom. The SMILES string of the molecule is ClC1(Cl)CC1CSc1nc(-c2ccccc2)c(-c2ccccc2)[nH]1. The standard InChI is InChI=1S/C19H16Cl2N2S/c20-19(21)11-15(19)12-24-18-22-16(13-7-3-1-4-8-13)17(23-18)14-9-5-2-6-10-14/h1-10,15H,11-12H2,(H,22,23). The van der Waals surface area contributed by atoms with E-state index in [9.17, 15) is 0 Å². The number of H-pyrrole nitrogens is 1. The number of aromatic nitrogens is 2. The molecule has 0 aliphatic heterocycles. The van der Waals surface area contributed by atoms with E-state index in [2.05, 4.69) is 29.2 Å². The Bertz CT molecular complexity index is 774. The third-order valence-corrected chi connectivity index (χ3v) is 6.13. The number of nitrogens with zero attached hydrogens (tertiary/aromatic N) is 1. The lowest BCUT2D eigenvalue weighted by Crippen LogP contribution is -1.93. The van der Waals surface area contributed by atoms with Crippen molar-refractivity contribution in [2.45, 2.75) is 15.9 Å². The van der Waals surface area contributed by atoms with E-state index < -0.39 is 4.33 Å². The summed E-state index contributed by atoms with van der Waals surface area (Å²) < 4.78 is -0.538. The molecule has 5 heteroatoms. The minimum absolute atomic E-state index is 0.344. The van der Waals surface area contributed by atoms with Gasteiger partial charge in [-0.25, -0.2) is 4.98 Å². The summed E-state index contributed by atoms with van der Waals surface area (Å²) in [6.45, 7) is 0. The molecule has 0 radical (unpaired) electrons. The van der Waals surface area contributed by atoms with Gasteiger partial charge in [-0.3, -0.25) is 0 Å². The van der Waals surface area contributed by atoms with Gasteiger partial charge < -0.3 is 4.98 Å². The van der Waals surface area contributed by atoms with Crippen LogP contribution in [0.5, 0.6) is 0 Å². The molecule has 1 fully saturated rings. The molecule has 1 aromatic heterocycles. The molecule has 0 saturated heterocycles. The number of rotatable bonds is 5. The van der Waals surface area contributed by atoms with Crippen LogP contribution in [0, 0.1) is 5.92 Å². The van der Waals surface area contributed by atoms with Gasteiger partial charge in [0.05, 0.1) is 11.4 Å². The second-order valence-corrected chi connectivity index (χ2v) is 8.52. The van der Waals surface area contributed by atoms with Crippen LogP contribution < -0.4 is 0 Å². The van der Waals surface area contributed by atoms with E-state index in [-0.39, 0.29) is 0 Å². The third kappa shape index (κ3) is 3.34. The van der Waals surface area contributed by atoms with Crippen molar-refractivity contribution in [1.82, 2.24) is 9.97 Å². The van der Waals surface area contributed by atoms with Gasteiger partial charge in [0.2, 0.25) is 0 Å². The number of benzene rings is 2. The van der Waals surface area contributed by atoms with Crippen LogP contribution in [0.1, 0.15) is 6.42 Å². The molecular weight excluding hydrogens is 359 g/mol. The average molecular weight is 375 g/mol. The van der Waals surface area contributed by atoms with Crippen LogP contribution in [0.15, 0.2) is 65.8 Å². The van der Waals surface area contributed by atoms with E-state index in [1.165, 1.54) is 0 Å². The van der Waals surface area contributed by atoms with Gasteiger partial charge in [-0.1, -0.05) is 72.4 Å². The normalized spacial score (nSPS) is 18.5. The van der Waals surface area contributed by atoms with Crippen LogP contribution in [0.3, 0.4) is 0 Å². The van der Waals surface area contributed by atoms with E-state index in [1.807, 2.05) is 36.4 Å². The van der Waals surface area contributed by atoms with Crippen LogP contribution in [-0.4, -0.2) is 20.1 Å². The quantitative estimate of drug-likeness (QED) is 0.436. The summed E-state index contributed by atoms with van der Waals surface area (Å²) in [7, 11) is 0. The molecule has 2 nitrogen and oxygen atoms in total. The minimum Gasteiger partial charge on any atom is -0.332 e. The Morgan fingerprint density at radius 2 is 1.58 bits per heavy atom. The zero-order valence-electron chi connectivity index (χ0n) is 12.9. The lowest BCUT2D eigenvalue weighted by atomic mass is 10.1. The smallest absolute Gasteiger partial charge is 0.166 e. The second-order valence-electron chi connectivity index (χ2n) is 5.97. The molecule has 0 spiro atoms. The first kappa shape index (κ1) is 16.1. The molecule has 1 heterocycles. The van der Waals surface area contributed by atoms with E-state index >= 15 is 0 Å². The van der Waals surface area contributed by atoms with E-state index in [4.69, 9.17) is 28.2 Å². The Kier molecular flexibility index (Phi) is 4.33. The molecule has 2 aromatic carbocycles. The fourth-order valence-corrected chi connectivity index (χ4v) is 4.47. The zero-order valence-corrected chi connectivity index (χ0v) is 15.2. The van der Waals surface area contributed by atoms with Gasteiger partial charge in [-0.15, -0.1) is 23.2 Å². The van der Waals surface area contributed by atoms with Crippen LogP contribution in [0.4, 0.5) is 0 Å². The zero-order chi connectivity index (χ0) is 16.6. The number of nitrogens with one attached hydrogen (secondary N) is 1. The van der Waals surface area contributed by atoms with Crippen molar-refractivity contribution in [3.63, 3.8) is 0 Å². The number of imidazole rings is 1. The molecule has 1 atom stereocenters. The van der Waals surface area contributed by atoms with Crippen LogP contribution >= 0.6 is 35.0 Å². The molecule has 0 amide bonds. The summed E-state index contributed by atoms with van der Waals surface area (Å²) in [5, 5.41) is 0.906. The Morgan fingerprint density at radius 1 is 1.00 bits per heavy atom. The number of thioether (sulfide) groups is 1. The maximum Gasteiger partial charge on any atom is 0.166 e. The van der Waals surface area contributed by atoms with Crippen molar-refractivity contribution in [3.8, 4) is 22.5 Å². The summed E-state index contributed by atoms with van der Waals surface area (Å²) in [6.07, 6.45) is 0.862. The number of halogens is 2. The first-order valence-electron chi connectivity index (χ1n) is 7.85. The van der Waals surface area contributed by atoms with Gasteiger partial charge in [0, 0.05) is 22.8 Å². The van der Waals surface area contributed by atoms with Crippen molar-refractivity contribution in [2.24, 2.45) is 5.92 Å². The predicted octanol–water partition coefficient (Wildman–Crippen LogP) is 6.03. The predicted molar refractivity (Wildman–Crippen MR) is 103 cm³/mol. The maximum atomic E-state index is 6.12. The summed E-state index contributed by atoms with van der Waals surface area (Å²) in [5.74, 6) is 1.22. The monoisotopic (exact) mass is 374 g/mol. The molecule has 122 valence electrons. The first-order chi connectivity index (χ1) is 11.6. The van der Waals surface area contributed by atoms with E-state index in [0.717, 1.165) is 39.8 Å². The van der Waals surface area contributed by atoms with Crippen molar-refractivity contribution in [3.05, 3.63) is 60.7 Å². The van der Waals surface area contributed by atoms with Gasteiger partial charge >= 0.3 is 0 Å². The number of aromatic amines is 1. The van der Waals surface area contributed by atoms with Crippen LogP contribution in [0.2, 0.25) is 0 Å². The van der Waals surface area contributed by atoms with E-state index in [1.54, 1.807) is 11.8 Å². The Balaban J connectivity index is 1.66. The summed E-state index contributed by atoms with van der Waals surface area (Å²) >= 11 is 13.9. The highest BCUT2D eigenvalue weighted by Gasteiger charge is 2.51. The first-order valence-corrected chi connectivity index (χ1v) is 9.59.